The Morgan fingerprint density at radius 2 is 1.76 bits per heavy atom. The fraction of sp³-hybridized carbons (Fsp3) is 0.214. The number of methoxy groups -OCH3 is 1. The van der Waals surface area contributed by atoms with Crippen LogP contribution >= 0.6 is 11.6 Å². The van der Waals surface area contributed by atoms with Crippen molar-refractivity contribution >= 4 is 22.5 Å². The molecule has 0 aliphatic heterocycles. The Kier molecular flexibility index (Phi) is 8.12. The molecule has 34 heavy (non-hydrogen) atoms. The summed E-state index contributed by atoms with van der Waals surface area (Å²) in [5.41, 5.74) is 8.68. The van der Waals surface area contributed by atoms with E-state index in [1.165, 1.54) is 16.5 Å². The normalized spacial score (nSPS) is 11.3. The van der Waals surface area contributed by atoms with Crippen molar-refractivity contribution in [3.63, 3.8) is 0 Å². The molecule has 0 fully saturated rings. The molecule has 4 rings (SSSR count). The Balaban J connectivity index is 1.40. The number of aromatic nitrogens is 1. The zero-order chi connectivity index (χ0) is 23.8. The number of halogens is 1. The third-order valence-corrected chi connectivity index (χ3v) is 5.93. The molecule has 2 N–H and O–H groups in total. The summed E-state index contributed by atoms with van der Waals surface area (Å²) in [5, 5.41) is 1.93. The van der Waals surface area contributed by atoms with Gasteiger partial charge < -0.3 is 14.5 Å². The Hall–Kier alpha value is -3.41. The second-order valence-electron chi connectivity index (χ2n) is 7.94. The van der Waals surface area contributed by atoms with Crippen LogP contribution in [-0.2, 0) is 17.7 Å². The number of hydrogen-bond acceptors (Lipinski definition) is 4. The molecular weight excluding hydrogens is 448 g/mol. The van der Waals surface area contributed by atoms with Gasteiger partial charge in [-0.1, -0.05) is 41.9 Å². The predicted molar refractivity (Wildman–Crippen MR) is 138 cm³/mol. The van der Waals surface area contributed by atoms with Gasteiger partial charge in [0.15, 0.2) is 0 Å². The molecule has 0 spiro atoms. The Morgan fingerprint density at radius 3 is 2.53 bits per heavy atom. The number of rotatable bonds is 11. The number of aryl methyl sites for hydroxylation is 1. The molecule has 0 bridgehead atoms. The van der Waals surface area contributed by atoms with Gasteiger partial charge in [-0.3, -0.25) is 10.3 Å². The molecular formula is C28H29ClN2O3. The number of fused-ring (bicyclic) bond motifs is 1. The van der Waals surface area contributed by atoms with Crippen molar-refractivity contribution in [2.75, 3.05) is 20.3 Å². The first-order valence-electron chi connectivity index (χ1n) is 11.3. The molecule has 3 aromatic carbocycles. The molecule has 0 atom stereocenters. The monoisotopic (exact) mass is 476 g/mol. The average molecular weight is 477 g/mol. The quantitative estimate of drug-likeness (QED) is 0.194. The van der Waals surface area contributed by atoms with E-state index < -0.39 is 0 Å². The Labute approximate surface area is 205 Å². The molecule has 0 saturated carbocycles. The summed E-state index contributed by atoms with van der Waals surface area (Å²) in [6.45, 7) is 3.09. The summed E-state index contributed by atoms with van der Waals surface area (Å²) in [6.07, 6.45) is 5.14. The third-order valence-electron chi connectivity index (χ3n) is 5.67. The van der Waals surface area contributed by atoms with Gasteiger partial charge in [0, 0.05) is 46.2 Å². The van der Waals surface area contributed by atoms with E-state index in [-0.39, 0.29) is 0 Å². The highest BCUT2D eigenvalue weighted by molar-refractivity contribution is 6.30. The van der Waals surface area contributed by atoms with Gasteiger partial charge in [0.05, 0.1) is 13.7 Å². The highest BCUT2D eigenvalue weighted by Gasteiger charge is 2.17. The number of ether oxygens (including phenoxy) is 2. The minimum atomic E-state index is 0.468. The van der Waals surface area contributed by atoms with Crippen molar-refractivity contribution in [3.05, 3.63) is 106 Å². The molecule has 0 aliphatic carbocycles. The molecule has 6 heteroatoms. The second kappa shape index (κ2) is 11.6. The van der Waals surface area contributed by atoms with Crippen LogP contribution in [0.4, 0.5) is 0 Å². The van der Waals surface area contributed by atoms with E-state index in [0.717, 1.165) is 46.1 Å². The maximum Gasteiger partial charge on any atom is 0.123 e. The lowest BCUT2D eigenvalue weighted by atomic mass is 9.96. The van der Waals surface area contributed by atoms with E-state index in [9.17, 15) is 0 Å². The molecule has 1 heterocycles. The van der Waals surface area contributed by atoms with Crippen molar-refractivity contribution in [2.45, 2.75) is 19.8 Å². The van der Waals surface area contributed by atoms with Crippen LogP contribution in [0.1, 0.15) is 22.4 Å². The van der Waals surface area contributed by atoms with Gasteiger partial charge in [0.2, 0.25) is 0 Å². The lowest BCUT2D eigenvalue weighted by Gasteiger charge is -2.13. The summed E-state index contributed by atoms with van der Waals surface area (Å²) >= 11 is 6.07. The molecule has 0 radical (unpaired) electrons. The molecule has 0 amide bonds. The first-order valence-corrected chi connectivity index (χ1v) is 11.6. The maximum atomic E-state index is 6.07. The second-order valence-corrected chi connectivity index (χ2v) is 8.38. The van der Waals surface area contributed by atoms with Crippen LogP contribution in [0.25, 0.3) is 10.9 Å². The fourth-order valence-electron chi connectivity index (χ4n) is 4.05. The Morgan fingerprint density at radius 1 is 0.971 bits per heavy atom. The van der Waals surface area contributed by atoms with Crippen LogP contribution in [0.2, 0.25) is 5.02 Å². The smallest absolute Gasteiger partial charge is 0.123 e. The van der Waals surface area contributed by atoms with Crippen molar-refractivity contribution in [1.82, 2.24) is 10.5 Å². The van der Waals surface area contributed by atoms with E-state index >= 15 is 0 Å². The fourth-order valence-corrected chi connectivity index (χ4v) is 4.17. The number of nitrogens with one attached hydrogen (secondary N) is 2. The van der Waals surface area contributed by atoms with Gasteiger partial charge in [-0.2, -0.15) is 0 Å². The number of hydrogen-bond donors (Lipinski definition) is 2. The molecule has 0 aliphatic rings. The third kappa shape index (κ3) is 5.93. The van der Waals surface area contributed by atoms with Crippen LogP contribution < -0.4 is 15.0 Å². The molecule has 176 valence electrons. The zero-order valence-electron chi connectivity index (χ0n) is 19.4. The SMILES string of the molecule is COc1ccc2[nH]c(C)c(CCONC=CCOc3ccccc3)c2c1Cc1ccc(Cl)cc1. The van der Waals surface area contributed by atoms with Crippen LogP contribution in [-0.4, -0.2) is 25.3 Å². The first kappa shape index (κ1) is 23.7. The lowest BCUT2D eigenvalue weighted by molar-refractivity contribution is 0.0735. The molecule has 5 nitrogen and oxygen atoms in total. The van der Waals surface area contributed by atoms with E-state index in [2.05, 4.69) is 35.6 Å². The summed E-state index contributed by atoms with van der Waals surface area (Å²) in [7, 11) is 1.71. The van der Waals surface area contributed by atoms with Crippen LogP contribution in [0, 0.1) is 6.92 Å². The van der Waals surface area contributed by atoms with Crippen LogP contribution in [0.5, 0.6) is 11.5 Å². The minimum absolute atomic E-state index is 0.468. The van der Waals surface area contributed by atoms with Gasteiger partial charge in [-0.15, -0.1) is 0 Å². The van der Waals surface area contributed by atoms with E-state index in [1.807, 2.05) is 54.6 Å². The highest BCUT2D eigenvalue weighted by atomic mass is 35.5. The van der Waals surface area contributed by atoms with Crippen LogP contribution in [0.15, 0.2) is 79.0 Å². The minimum Gasteiger partial charge on any atom is -0.496 e. The standard InChI is InChI=1S/C28H29ClN2O3/c1-20-24(15-18-34-30-16-6-17-33-23-7-4-3-5-8-23)28-25(19-21-9-11-22(29)12-10-21)27(32-2)14-13-26(28)31-20/h3-14,16,30-31H,15,17-19H2,1-2H3. The molecule has 0 unspecified atom stereocenters. The van der Waals surface area contributed by atoms with Crippen molar-refractivity contribution in [3.8, 4) is 11.5 Å². The van der Waals surface area contributed by atoms with Gasteiger partial charge in [0.25, 0.3) is 0 Å². The van der Waals surface area contributed by atoms with E-state index in [4.69, 9.17) is 25.9 Å². The zero-order valence-corrected chi connectivity index (χ0v) is 20.2. The summed E-state index contributed by atoms with van der Waals surface area (Å²) in [4.78, 5) is 9.15. The summed E-state index contributed by atoms with van der Waals surface area (Å²) in [5.74, 6) is 1.72. The lowest BCUT2D eigenvalue weighted by Crippen LogP contribution is -2.10. The highest BCUT2D eigenvalue weighted by Crippen LogP contribution is 2.34. The molecule has 0 saturated heterocycles. The molecule has 1 aromatic heterocycles. The van der Waals surface area contributed by atoms with E-state index in [0.29, 0.717) is 13.2 Å². The van der Waals surface area contributed by atoms with Gasteiger partial charge in [-0.25, -0.2) is 0 Å². The van der Waals surface area contributed by atoms with Gasteiger partial charge in [-0.05, 0) is 60.5 Å². The van der Waals surface area contributed by atoms with Gasteiger partial charge in [0.1, 0.15) is 18.1 Å². The molecule has 4 aromatic rings. The summed E-state index contributed by atoms with van der Waals surface area (Å²) < 4.78 is 11.3. The van der Waals surface area contributed by atoms with E-state index in [1.54, 1.807) is 13.3 Å². The van der Waals surface area contributed by atoms with Gasteiger partial charge >= 0.3 is 0 Å². The number of H-pyrrole nitrogens is 1. The number of para-hydroxylation sites is 1. The summed E-state index contributed by atoms with van der Waals surface area (Å²) in [6, 6.07) is 21.8. The van der Waals surface area contributed by atoms with Crippen LogP contribution in [0.3, 0.4) is 0 Å². The Bertz CT molecular complexity index is 1230. The number of benzene rings is 3. The maximum absolute atomic E-state index is 6.07. The average Bonchev–Trinajstić information content (AvgIpc) is 3.18. The first-order chi connectivity index (χ1) is 16.7. The van der Waals surface area contributed by atoms with Crippen molar-refractivity contribution in [2.24, 2.45) is 0 Å². The predicted octanol–water partition coefficient (Wildman–Crippen LogP) is 6.39. The topological polar surface area (TPSA) is 55.5 Å². The number of hydroxylamine groups is 1. The number of aromatic amines is 1. The van der Waals surface area contributed by atoms with Crippen molar-refractivity contribution in [1.29, 1.82) is 0 Å². The van der Waals surface area contributed by atoms with Crippen molar-refractivity contribution < 1.29 is 14.3 Å². The largest absolute Gasteiger partial charge is 0.496 e.